The minimum atomic E-state index is -0.376. The van der Waals surface area contributed by atoms with Gasteiger partial charge in [0.1, 0.15) is 6.10 Å². The second-order valence-corrected chi connectivity index (χ2v) is 12.0. The molecule has 182 valence electrons. The number of nitro benzene ring substituents is 1. The van der Waals surface area contributed by atoms with Crippen LogP contribution in [0.2, 0.25) is 0 Å². The van der Waals surface area contributed by atoms with Gasteiger partial charge in [0, 0.05) is 23.6 Å². The summed E-state index contributed by atoms with van der Waals surface area (Å²) in [7, 11) is 0. The number of aliphatic hydroxyl groups is 1. The number of rotatable bonds is 3. The van der Waals surface area contributed by atoms with Crippen LogP contribution in [0.25, 0.3) is 0 Å². The fraction of sp³-hybridized carbons (Fsp3) is 0.679. The Morgan fingerprint density at radius 2 is 1.82 bits per heavy atom. The van der Waals surface area contributed by atoms with E-state index < -0.39 is 0 Å². The number of aliphatic imine (C=N–C) groups is 1. The van der Waals surface area contributed by atoms with E-state index in [0.717, 1.165) is 42.6 Å². The minimum absolute atomic E-state index is 0.0904. The zero-order valence-electron chi connectivity index (χ0n) is 20.3. The van der Waals surface area contributed by atoms with Crippen LogP contribution in [0.1, 0.15) is 70.8 Å². The minimum Gasteiger partial charge on any atom is -0.472 e. The molecule has 0 radical (unpaired) electrons. The van der Waals surface area contributed by atoms with E-state index in [1.165, 1.54) is 49.8 Å². The number of ether oxygens (including phenoxy) is 1. The fourth-order valence-electron chi connectivity index (χ4n) is 8.78. The van der Waals surface area contributed by atoms with Crippen LogP contribution in [0.5, 0.6) is 0 Å². The monoisotopic (exact) mass is 464 g/mol. The van der Waals surface area contributed by atoms with Crippen molar-refractivity contribution in [2.75, 3.05) is 6.54 Å². The topological polar surface area (TPSA) is 85.0 Å². The molecule has 4 aliphatic carbocycles. The molecule has 0 bridgehead atoms. The van der Waals surface area contributed by atoms with Crippen molar-refractivity contribution in [2.24, 2.45) is 39.5 Å². The first-order valence-electron chi connectivity index (χ1n) is 13.1. The Morgan fingerprint density at radius 3 is 2.59 bits per heavy atom. The molecule has 34 heavy (non-hydrogen) atoms. The maximum Gasteiger partial charge on any atom is 0.269 e. The van der Waals surface area contributed by atoms with Crippen LogP contribution in [0.3, 0.4) is 0 Å². The third-order valence-corrected chi connectivity index (χ3v) is 10.6. The molecule has 1 heterocycles. The van der Waals surface area contributed by atoms with E-state index in [9.17, 15) is 15.2 Å². The average molecular weight is 465 g/mol. The number of benzene rings is 1. The van der Waals surface area contributed by atoms with Crippen LogP contribution < -0.4 is 0 Å². The lowest BCUT2D eigenvalue weighted by Crippen LogP contribution is -2.51. The summed E-state index contributed by atoms with van der Waals surface area (Å²) < 4.78 is 6.44. The number of nitro groups is 1. The average Bonchev–Trinajstić information content (AvgIpc) is 3.44. The van der Waals surface area contributed by atoms with Crippen molar-refractivity contribution in [2.45, 2.75) is 77.4 Å². The highest BCUT2D eigenvalue weighted by Crippen LogP contribution is 2.66. The van der Waals surface area contributed by atoms with E-state index in [0.29, 0.717) is 18.4 Å². The van der Waals surface area contributed by atoms with Crippen molar-refractivity contribution in [3.8, 4) is 0 Å². The van der Waals surface area contributed by atoms with Crippen LogP contribution in [0, 0.1) is 44.6 Å². The highest BCUT2D eigenvalue weighted by molar-refractivity contribution is 5.95. The smallest absolute Gasteiger partial charge is 0.269 e. The van der Waals surface area contributed by atoms with Gasteiger partial charge in [-0.2, -0.15) is 0 Å². The molecule has 3 fully saturated rings. The van der Waals surface area contributed by atoms with Gasteiger partial charge in [-0.3, -0.25) is 10.1 Å². The van der Waals surface area contributed by atoms with Gasteiger partial charge >= 0.3 is 0 Å². The summed E-state index contributed by atoms with van der Waals surface area (Å²) in [5.74, 6) is 3.35. The Hall–Kier alpha value is -2.21. The molecule has 0 spiro atoms. The van der Waals surface area contributed by atoms with Gasteiger partial charge in [-0.15, -0.1) is 0 Å². The molecule has 1 aliphatic heterocycles. The second-order valence-electron chi connectivity index (χ2n) is 12.0. The summed E-state index contributed by atoms with van der Waals surface area (Å²) in [6.07, 6.45) is 11.6. The molecule has 1 aromatic rings. The van der Waals surface area contributed by atoms with Crippen LogP contribution in [0.4, 0.5) is 5.69 Å². The standard InChI is InChI=1S/C28H36N2O4/c1-27-13-11-20(31)15-18(27)5-8-21-22-9-10-24(28(22,2)14-12-23(21)27)25-16-29-26(34-25)17-3-6-19(7-4-17)30(32)33/h3-7,20-25,31H,8-16H2,1-2H3/t20-,21-,22-,23-,24+,25-,27-,28-/m0/s1. The van der Waals surface area contributed by atoms with Gasteiger partial charge in [0.2, 0.25) is 5.90 Å². The normalized spacial score (nSPS) is 43.1. The fourth-order valence-corrected chi connectivity index (χ4v) is 8.78. The van der Waals surface area contributed by atoms with Gasteiger partial charge in [0.25, 0.3) is 5.69 Å². The van der Waals surface area contributed by atoms with Crippen molar-refractivity contribution >= 4 is 11.6 Å². The molecule has 8 atom stereocenters. The van der Waals surface area contributed by atoms with Gasteiger partial charge in [0.15, 0.2) is 0 Å². The van der Waals surface area contributed by atoms with E-state index in [-0.39, 0.29) is 33.6 Å². The molecule has 0 unspecified atom stereocenters. The number of hydrogen-bond donors (Lipinski definition) is 1. The Morgan fingerprint density at radius 1 is 1.06 bits per heavy atom. The highest BCUT2D eigenvalue weighted by Gasteiger charge is 2.60. The van der Waals surface area contributed by atoms with Crippen LogP contribution >= 0.6 is 0 Å². The molecule has 6 heteroatoms. The lowest BCUT2D eigenvalue weighted by Gasteiger charge is -2.58. The quantitative estimate of drug-likeness (QED) is 0.354. The summed E-state index contributed by atoms with van der Waals surface area (Å²) in [6.45, 7) is 5.69. The van der Waals surface area contributed by atoms with E-state index in [1.807, 2.05) is 0 Å². The van der Waals surface area contributed by atoms with E-state index in [1.54, 1.807) is 12.1 Å². The molecule has 6 nitrogen and oxygen atoms in total. The maximum absolute atomic E-state index is 11.0. The van der Waals surface area contributed by atoms with Crippen molar-refractivity contribution in [3.05, 3.63) is 51.6 Å². The number of fused-ring (bicyclic) bond motifs is 5. The zero-order chi connectivity index (χ0) is 23.7. The van der Waals surface area contributed by atoms with Crippen molar-refractivity contribution in [1.82, 2.24) is 0 Å². The lowest BCUT2D eigenvalue weighted by atomic mass is 9.47. The van der Waals surface area contributed by atoms with E-state index >= 15 is 0 Å². The SMILES string of the molecule is C[C@]12CC[C@H]3[C@@H](CC=C4C[C@@H](O)CC[C@@]43C)[C@@H]1CC[C@@H]2[C@@H]1CN=C(c2ccc([N+](=O)[O-])cc2)O1. The molecule has 6 rings (SSSR count). The summed E-state index contributed by atoms with van der Waals surface area (Å²) in [5, 5.41) is 21.2. The predicted molar refractivity (Wildman–Crippen MR) is 131 cm³/mol. The lowest BCUT2D eigenvalue weighted by molar-refractivity contribution is -0.384. The number of aliphatic hydroxyl groups excluding tert-OH is 1. The summed E-state index contributed by atoms with van der Waals surface area (Å²) in [5.41, 5.74) is 3.01. The van der Waals surface area contributed by atoms with Gasteiger partial charge in [0.05, 0.1) is 17.6 Å². The highest BCUT2D eigenvalue weighted by atomic mass is 16.6. The Labute approximate surface area is 201 Å². The summed E-state index contributed by atoms with van der Waals surface area (Å²) in [4.78, 5) is 15.3. The number of allylic oxidation sites excluding steroid dienone is 1. The predicted octanol–water partition coefficient (Wildman–Crippen LogP) is 5.68. The Bertz CT molecular complexity index is 1050. The number of hydrogen-bond acceptors (Lipinski definition) is 5. The first-order valence-corrected chi connectivity index (χ1v) is 13.1. The molecule has 5 aliphatic rings. The molecule has 0 aromatic heterocycles. The first kappa shape index (κ1) is 22.3. The van der Waals surface area contributed by atoms with Crippen molar-refractivity contribution in [3.63, 3.8) is 0 Å². The Kier molecular flexibility index (Phi) is 5.18. The number of nitrogens with zero attached hydrogens (tertiary/aromatic N) is 2. The van der Waals surface area contributed by atoms with Crippen LogP contribution in [-0.4, -0.2) is 34.7 Å². The largest absolute Gasteiger partial charge is 0.472 e. The van der Waals surface area contributed by atoms with E-state index in [4.69, 9.17) is 9.73 Å². The van der Waals surface area contributed by atoms with Crippen LogP contribution in [0.15, 0.2) is 40.9 Å². The summed E-state index contributed by atoms with van der Waals surface area (Å²) >= 11 is 0. The van der Waals surface area contributed by atoms with Gasteiger partial charge in [-0.05, 0) is 92.1 Å². The molecule has 3 saturated carbocycles. The van der Waals surface area contributed by atoms with Crippen LogP contribution in [-0.2, 0) is 4.74 Å². The first-order chi connectivity index (χ1) is 16.3. The van der Waals surface area contributed by atoms with Gasteiger partial charge in [-0.1, -0.05) is 25.5 Å². The number of non-ortho nitro benzene ring substituents is 1. The van der Waals surface area contributed by atoms with Gasteiger partial charge < -0.3 is 9.84 Å². The van der Waals surface area contributed by atoms with Crippen molar-refractivity contribution in [1.29, 1.82) is 0 Å². The molecule has 1 N–H and O–H groups in total. The molecular weight excluding hydrogens is 428 g/mol. The third kappa shape index (κ3) is 3.28. The third-order valence-electron chi connectivity index (χ3n) is 10.6. The second kappa shape index (κ2) is 7.91. The maximum atomic E-state index is 11.0. The summed E-state index contributed by atoms with van der Waals surface area (Å²) in [6, 6.07) is 6.55. The Balaban J connectivity index is 1.18. The molecule has 1 aromatic carbocycles. The van der Waals surface area contributed by atoms with Crippen molar-refractivity contribution < 1.29 is 14.8 Å². The molecule has 0 saturated heterocycles. The van der Waals surface area contributed by atoms with E-state index in [2.05, 4.69) is 19.9 Å². The zero-order valence-corrected chi connectivity index (χ0v) is 20.3. The molecule has 0 amide bonds. The molecular formula is C28H36N2O4. The van der Waals surface area contributed by atoms with Gasteiger partial charge in [-0.25, -0.2) is 4.99 Å².